The van der Waals surface area contributed by atoms with Crippen molar-refractivity contribution in [3.8, 4) is 5.75 Å². The zero-order valence-electron chi connectivity index (χ0n) is 19.5. The molecule has 7 nitrogen and oxygen atoms in total. The van der Waals surface area contributed by atoms with Crippen molar-refractivity contribution in [1.82, 2.24) is 20.2 Å². The van der Waals surface area contributed by atoms with Gasteiger partial charge in [-0.25, -0.2) is 9.80 Å². The molecule has 4 unspecified atom stereocenters. The number of hydrogen-bond donors (Lipinski definition) is 1. The number of benzene rings is 1. The molecule has 1 N–H and O–H groups in total. The lowest BCUT2D eigenvalue weighted by molar-refractivity contribution is -0.142. The number of amides is 2. The van der Waals surface area contributed by atoms with E-state index in [0.29, 0.717) is 24.1 Å². The number of nitrogens with zero attached hydrogens (tertiary/aromatic N) is 3. The second-order valence-electron chi connectivity index (χ2n) is 10.3. The van der Waals surface area contributed by atoms with Crippen molar-refractivity contribution in [2.24, 2.45) is 11.8 Å². The van der Waals surface area contributed by atoms with Gasteiger partial charge in [0.15, 0.2) is 0 Å². The lowest BCUT2D eigenvalue weighted by Crippen LogP contribution is -2.67. The minimum atomic E-state index is -0.288. The molecule has 0 radical (unpaired) electrons. The van der Waals surface area contributed by atoms with Gasteiger partial charge in [-0.05, 0) is 69.9 Å². The highest BCUT2D eigenvalue weighted by Gasteiger charge is 2.49. The predicted molar refractivity (Wildman–Crippen MR) is 122 cm³/mol. The smallest absolute Gasteiger partial charge is 0.410 e. The Morgan fingerprint density at radius 2 is 1.75 bits per heavy atom. The second kappa shape index (κ2) is 8.67. The highest BCUT2D eigenvalue weighted by atomic mass is 16.6. The van der Waals surface area contributed by atoms with Crippen molar-refractivity contribution in [1.29, 1.82) is 0 Å². The topological polar surface area (TPSA) is 65.1 Å². The number of rotatable bonds is 3. The fraction of sp³-hybridized carbons (Fsp3) is 0.680. The molecule has 2 aliphatic heterocycles. The van der Waals surface area contributed by atoms with Crippen LogP contribution in [0.15, 0.2) is 24.3 Å². The van der Waals surface area contributed by atoms with Crippen LogP contribution in [0.2, 0.25) is 0 Å². The van der Waals surface area contributed by atoms with Crippen molar-refractivity contribution in [3.05, 3.63) is 29.8 Å². The van der Waals surface area contributed by atoms with E-state index in [1.165, 1.54) is 12.8 Å². The number of carbonyl (C=O) groups excluding carboxylic acids is 2. The van der Waals surface area contributed by atoms with E-state index < -0.39 is 0 Å². The Kier molecular flexibility index (Phi) is 5.88. The number of ether oxygens (including phenoxy) is 1. The first kappa shape index (κ1) is 21.7. The molecule has 2 aliphatic carbocycles. The van der Waals surface area contributed by atoms with Gasteiger partial charge in [-0.15, -0.1) is 0 Å². The Morgan fingerprint density at radius 3 is 2.44 bits per heavy atom. The number of hydrogen-bond acceptors (Lipinski definition) is 5. The molecule has 0 bridgehead atoms. The third-order valence-electron chi connectivity index (χ3n) is 7.98. The maximum Gasteiger partial charge on any atom is 0.415 e. The third-order valence-corrected chi connectivity index (χ3v) is 7.98. The largest absolute Gasteiger partial charge is 0.415 e. The lowest BCUT2D eigenvalue weighted by Gasteiger charge is -2.54. The minimum absolute atomic E-state index is 0.00521. The molecule has 2 saturated heterocycles. The van der Waals surface area contributed by atoms with E-state index in [1.807, 2.05) is 47.9 Å². The Hall–Kier alpha value is -2.12. The quantitative estimate of drug-likeness (QED) is 0.782. The molecular weight excluding hydrogens is 404 g/mol. The SMILES string of the molecule is CC(=O)N1C2CCC(C3CNN(C4CC4)C3)CC2N(C(=O)Oc2ccc(C)cc2)C[C@@H]1C. The Bertz CT molecular complexity index is 855. The normalized spacial score (nSPS) is 33.2. The Morgan fingerprint density at radius 1 is 1.00 bits per heavy atom. The zero-order valence-corrected chi connectivity index (χ0v) is 19.5. The fourth-order valence-electron chi connectivity index (χ4n) is 6.20. The molecule has 5 rings (SSSR count). The van der Waals surface area contributed by atoms with Crippen molar-refractivity contribution < 1.29 is 14.3 Å². The van der Waals surface area contributed by atoms with E-state index in [9.17, 15) is 9.59 Å². The Labute approximate surface area is 191 Å². The maximum atomic E-state index is 13.3. The van der Waals surface area contributed by atoms with Gasteiger partial charge in [-0.3, -0.25) is 10.2 Å². The summed E-state index contributed by atoms with van der Waals surface area (Å²) in [5.41, 5.74) is 4.74. The maximum absolute atomic E-state index is 13.3. The number of aryl methyl sites for hydroxylation is 1. The second-order valence-corrected chi connectivity index (χ2v) is 10.3. The summed E-state index contributed by atoms with van der Waals surface area (Å²) in [6, 6.07) is 8.42. The summed E-state index contributed by atoms with van der Waals surface area (Å²) in [6.07, 6.45) is 5.33. The molecule has 174 valence electrons. The first-order chi connectivity index (χ1) is 15.4. The fourth-order valence-corrected chi connectivity index (χ4v) is 6.20. The van der Waals surface area contributed by atoms with E-state index >= 15 is 0 Å². The number of fused-ring (bicyclic) bond motifs is 1. The van der Waals surface area contributed by atoms with Gasteiger partial charge in [0.05, 0.1) is 12.1 Å². The monoisotopic (exact) mass is 440 g/mol. The first-order valence-electron chi connectivity index (χ1n) is 12.2. The van der Waals surface area contributed by atoms with Gasteiger partial charge < -0.3 is 14.5 Å². The average Bonchev–Trinajstić information content (AvgIpc) is 3.50. The van der Waals surface area contributed by atoms with Gasteiger partial charge in [0.25, 0.3) is 0 Å². The summed E-state index contributed by atoms with van der Waals surface area (Å²) >= 11 is 0. The molecule has 1 aromatic carbocycles. The molecule has 32 heavy (non-hydrogen) atoms. The molecular formula is C25H36N4O3. The number of nitrogens with one attached hydrogen (secondary N) is 1. The summed E-state index contributed by atoms with van der Waals surface area (Å²) in [6.45, 7) is 8.38. The van der Waals surface area contributed by atoms with Crippen LogP contribution >= 0.6 is 0 Å². The van der Waals surface area contributed by atoms with Gasteiger partial charge in [0.1, 0.15) is 5.75 Å². The summed E-state index contributed by atoms with van der Waals surface area (Å²) in [5.74, 6) is 1.85. The van der Waals surface area contributed by atoms with E-state index in [4.69, 9.17) is 4.74 Å². The van der Waals surface area contributed by atoms with Crippen LogP contribution in [0.4, 0.5) is 4.79 Å². The van der Waals surface area contributed by atoms with Crippen LogP contribution in [-0.4, -0.2) is 70.6 Å². The average molecular weight is 441 g/mol. The molecule has 2 amide bonds. The van der Waals surface area contributed by atoms with E-state index in [1.54, 1.807) is 6.92 Å². The molecule has 4 aliphatic rings. The molecule has 7 heteroatoms. The van der Waals surface area contributed by atoms with Crippen LogP contribution in [0.3, 0.4) is 0 Å². The van der Waals surface area contributed by atoms with Crippen molar-refractivity contribution in [2.45, 2.75) is 77.0 Å². The number of carbonyl (C=O) groups is 2. The van der Waals surface area contributed by atoms with Gasteiger partial charge in [0, 0.05) is 38.6 Å². The van der Waals surface area contributed by atoms with Crippen LogP contribution in [0.1, 0.15) is 51.5 Å². The van der Waals surface area contributed by atoms with Crippen molar-refractivity contribution in [3.63, 3.8) is 0 Å². The van der Waals surface area contributed by atoms with Crippen LogP contribution in [-0.2, 0) is 4.79 Å². The summed E-state index contributed by atoms with van der Waals surface area (Å²) in [5, 5.41) is 2.44. The standard InChI is InChI=1S/C25H36N4O3/c1-16-4-9-22(10-5-16)32-25(31)27-14-17(2)29(18(3)30)23-11-6-19(12-24(23)27)20-13-26-28(15-20)21-7-8-21/h4-5,9-10,17,19-21,23-24,26H,6-8,11-15H2,1-3H3/t17-,19?,20?,23?,24?/m0/s1. The first-order valence-corrected chi connectivity index (χ1v) is 12.2. The summed E-state index contributed by atoms with van der Waals surface area (Å²) < 4.78 is 5.78. The third kappa shape index (κ3) is 4.25. The van der Waals surface area contributed by atoms with E-state index in [2.05, 4.69) is 10.4 Å². The number of piperazine rings is 1. The minimum Gasteiger partial charge on any atom is -0.410 e. The summed E-state index contributed by atoms with van der Waals surface area (Å²) in [4.78, 5) is 29.7. The van der Waals surface area contributed by atoms with Gasteiger partial charge >= 0.3 is 6.09 Å². The van der Waals surface area contributed by atoms with Gasteiger partial charge in [-0.2, -0.15) is 0 Å². The van der Waals surface area contributed by atoms with Gasteiger partial charge in [-0.1, -0.05) is 17.7 Å². The molecule has 0 aromatic heterocycles. The molecule has 2 saturated carbocycles. The molecule has 5 atom stereocenters. The van der Waals surface area contributed by atoms with Crippen molar-refractivity contribution in [2.75, 3.05) is 19.6 Å². The predicted octanol–water partition coefficient (Wildman–Crippen LogP) is 3.18. The van der Waals surface area contributed by atoms with Crippen LogP contribution in [0.25, 0.3) is 0 Å². The van der Waals surface area contributed by atoms with Crippen molar-refractivity contribution >= 4 is 12.0 Å². The summed E-state index contributed by atoms with van der Waals surface area (Å²) in [7, 11) is 0. The highest BCUT2D eigenvalue weighted by Crippen LogP contribution is 2.41. The lowest BCUT2D eigenvalue weighted by atomic mass is 9.73. The van der Waals surface area contributed by atoms with E-state index in [0.717, 1.165) is 44.0 Å². The van der Waals surface area contributed by atoms with Gasteiger partial charge in [0.2, 0.25) is 5.91 Å². The van der Waals surface area contributed by atoms with Crippen LogP contribution in [0, 0.1) is 18.8 Å². The van der Waals surface area contributed by atoms with Crippen LogP contribution < -0.4 is 10.2 Å². The molecule has 2 heterocycles. The Balaban J connectivity index is 1.33. The molecule has 4 fully saturated rings. The van der Waals surface area contributed by atoms with Crippen LogP contribution in [0.5, 0.6) is 5.75 Å². The molecule has 0 spiro atoms. The van der Waals surface area contributed by atoms with E-state index in [-0.39, 0.29) is 30.1 Å². The molecule has 1 aromatic rings. The zero-order chi connectivity index (χ0) is 22.4. The number of hydrazine groups is 1. The highest BCUT2D eigenvalue weighted by molar-refractivity contribution is 5.76.